The van der Waals surface area contributed by atoms with Crippen molar-refractivity contribution in [3.05, 3.63) is 82.8 Å². The predicted molar refractivity (Wildman–Crippen MR) is 118 cm³/mol. The Morgan fingerprint density at radius 1 is 1.07 bits per heavy atom. The maximum Gasteiger partial charge on any atom is 0.276 e. The Bertz CT molecular complexity index is 1160. The van der Waals surface area contributed by atoms with Crippen LogP contribution in [0.4, 0.5) is 5.69 Å². The summed E-state index contributed by atoms with van der Waals surface area (Å²) >= 11 is 0. The molecule has 3 rings (SSSR count). The zero-order chi connectivity index (χ0) is 21.7. The Labute approximate surface area is 174 Å². The van der Waals surface area contributed by atoms with Crippen LogP contribution in [0.3, 0.4) is 0 Å². The van der Waals surface area contributed by atoms with Gasteiger partial charge in [-0.05, 0) is 24.1 Å². The lowest BCUT2D eigenvalue weighted by molar-refractivity contribution is 0.0959. The fraction of sp³-hybridized carbons (Fsp3) is 0.217. The molecular weight excluding hydrogens is 380 g/mol. The first-order valence-electron chi connectivity index (χ1n) is 9.71. The standard InChI is InChI=1S/C23H24N4O3/c1-4-13-24-21(28)18-11-7-8-12-19(18)25-22(29)20-16-9-5-6-10-17(16)23(30)27(26-20)14-15(2)3/h4-12,15H,1,13-14H2,2-3H3,(H,24,28)(H,25,29). The molecule has 2 amide bonds. The molecule has 0 aliphatic heterocycles. The normalized spacial score (nSPS) is 10.8. The van der Waals surface area contributed by atoms with Gasteiger partial charge in [-0.15, -0.1) is 6.58 Å². The Hall–Kier alpha value is -3.74. The average molecular weight is 404 g/mol. The van der Waals surface area contributed by atoms with E-state index in [1.807, 2.05) is 13.8 Å². The first-order chi connectivity index (χ1) is 14.4. The molecule has 0 saturated heterocycles. The summed E-state index contributed by atoms with van der Waals surface area (Å²) in [5, 5.41) is 10.7. The summed E-state index contributed by atoms with van der Waals surface area (Å²) in [6.07, 6.45) is 1.58. The molecule has 0 aliphatic carbocycles. The molecule has 0 fully saturated rings. The van der Waals surface area contributed by atoms with Gasteiger partial charge >= 0.3 is 0 Å². The highest BCUT2D eigenvalue weighted by atomic mass is 16.2. The van der Waals surface area contributed by atoms with Gasteiger partial charge in [-0.1, -0.05) is 50.3 Å². The topological polar surface area (TPSA) is 93.1 Å². The molecular formula is C23H24N4O3. The third-order valence-electron chi connectivity index (χ3n) is 4.45. The number of carbonyl (C=O) groups excluding carboxylic acids is 2. The van der Waals surface area contributed by atoms with Gasteiger partial charge in [0.25, 0.3) is 17.4 Å². The highest BCUT2D eigenvalue weighted by Gasteiger charge is 2.19. The number of nitrogens with zero attached hydrogens (tertiary/aromatic N) is 2. The van der Waals surface area contributed by atoms with E-state index in [4.69, 9.17) is 0 Å². The number of nitrogens with one attached hydrogen (secondary N) is 2. The van der Waals surface area contributed by atoms with Gasteiger partial charge in [0.15, 0.2) is 5.69 Å². The van der Waals surface area contributed by atoms with Gasteiger partial charge in [-0.3, -0.25) is 14.4 Å². The van der Waals surface area contributed by atoms with Crippen LogP contribution >= 0.6 is 0 Å². The number of fused-ring (bicyclic) bond motifs is 1. The Morgan fingerprint density at radius 2 is 1.73 bits per heavy atom. The van der Waals surface area contributed by atoms with Gasteiger partial charge in [-0.25, -0.2) is 4.68 Å². The van der Waals surface area contributed by atoms with Crippen molar-refractivity contribution < 1.29 is 9.59 Å². The van der Waals surface area contributed by atoms with Crippen LogP contribution in [0.1, 0.15) is 34.7 Å². The van der Waals surface area contributed by atoms with E-state index in [1.165, 1.54) is 4.68 Å². The minimum absolute atomic E-state index is 0.132. The summed E-state index contributed by atoms with van der Waals surface area (Å²) in [5.74, 6) is -0.636. The lowest BCUT2D eigenvalue weighted by atomic mass is 10.1. The fourth-order valence-corrected chi connectivity index (χ4v) is 3.10. The van der Waals surface area contributed by atoms with E-state index in [-0.39, 0.29) is 23.1 Å². The van der Waals surface area contributed by atoms with Crippen LogP contribution < -0.4 is 16.2 Å². The van der Waals surface area contributed by atoms with E-state index in [2.05, 4.69) is 22.3 Å². The third kappa shape index (κ3) is 4.46. The first-order valence-corrected chi connectivity index (χ1v) is 9.71. The molecule has 30 heavy (non-hydrogen) atoms. The average Bonchev–Trinajstić information content (AvgIpc) is 2.74. The number of hydrogen-bond acceptors (Lipinski definition) is 4. The van der Waals surface area contributed by atoms with Gasteiger partial charge in [0, 0.05) is 18.5 Å². The molecule has 0 saturated carbocycles. The van der Waals surface area contributed by atoms with E-state index < -0.39 is 5.91 Å². The van der Waals surface area contributed by atoms with Crippen LogP contribution in [0.25, 0.3) is 10.8 Å². The number of para-hydroxylation sites is 1. The van der Waals surface area contributed by atoms with Gasteiger partial charge < -0.3 is 10.6 Å². The highest BCUT2D eigenvalue weighted by Crippen LogP contribution is 2.19. The molecule has 1 aromatic heterocycles. The largest absolute Gasteiger partial charge is 0.349 e. The van der Waals surface area contributed by atoms with Crippen molar-refractivity contribution in [2.24, 2.45) is 5.92 Å². The van der Waals surface area contributed by atoms with Crippen molar-refractivity contribution in [3.8, 4) is 0 Å². The fourth-order valence-electron chi connectivity index (χ4n) is 3.10. The molecule has 0 unspecified atom stereocenters. The van der Waals surface area contributed by atoms with E-state index in [9.17, 15) is 14.4 Å². The van der Waals surface area contributed by atoms with Crippen molar-refractivity contribution >= 4 is 28.3 Å². The summed E-state index contributed by atoms with van der Waals surface area (Å²) in [6.45, 7) is 8.23. The molecule has 2 N–H and O–H groups in total. The smallest absolute Gasteiger partial charge is 0.276 e. The zero-order valence-corrected chi connectivity index (χ0v) is 17.0. The number of carbonyl (C=O) groups is 2. The molecule has 3 aromatic rings. The van der Waals surface area contributed by atoms with E-state index in [1.54, 1.807) is 54.6 Å². The third-order valence-corrected chi connectivity index (χ3v) is 4.45. The SMILES string of the molecule is C=CCNC(=O)c1ccccc1NC(=O)c1nn(CC(C)C)c(=O)c2ccccc12. The van der Waals surface area contributed by atoms with Gasteiger partial charge in [0.05, 0.1) is 16.6 Å². The summed E-state index contributed by atoms with van der Waals surface area (Å²) in [5.41, 5.74) is 0.580. The van der Waals surface area contributed by atoms with Crippen LogP contribution in [0, 0.1) is 5.92 Å². The lowest BCUT2D eigenvalue weighted by Crippen LogP contribution is -2.29. The molecule has 0 radical (unpaired) electrons. The van der Waals surface area contributed by atoms with Crippen molar-refractivity contribution in [2.75, 3.05) is 11.9 Å². The second-order valence-electron chi connectivity index (χ2n) is 7.27. The van der Waals surface area contributed by atoms with E-state index >= 15 is 0 Å². The number of hydrogen-bond donors (Lipinski definition) is 2. The molecule has 2 aromatic carbocycles. The monoisotopic (exact) mass is 404 g/mol. The van der Waals surface area contributed by atoms with Crippen LogP contribution in [-0.4, -0.2) is 28.1 Å². The predicted octanol–water partition coefficient (Wildman–Crippen LogP) is 3.22. The first kappa shape index (κ1) is 21.0. The highest BCUT2D eigenvalue weighted by molar-refractivity contribution is 6.13. The van der Waals surface area contributed by atoms with E-state index in [0.717, 1.165) is 0 Å². The van der Waals surface area contributed by atoms with Crippen molar-refractivity contribution in [1.29, 1.82) is 0 Å². The Balaban J connectivity index is 2.03. The molecule has 0 spiro atoms. The molecule has 7 nitrogen and oxygen atoms in total. The van der Waals surface area contributed by atoms with Gasteiger partial charge in [0.1, 0.15) is 0 Å². The molecule has 154 valence electrons. The maximum absolute atomic E-state index is 13.1. The maximum atomic E-state index is 13.1. The molecule has 0 bridgehead atoms. The van der Waals surface area contributed by atoms with Crippen LogP contribution in [0.2, 0.25) is 0 Å². The summed E-state index contributed by atoms with van der Waals surface area (Å²) in [7, 11) is 0. The molecule has 0 atom stereocenters. The van der Waals surface area contributed by atoms with Crippen LogP contribution in [0.5, 0.6) is 0 Å². The van der Waals surface area contributed by atoms with Gasteiger partial charge in [0.2, 0.25) is 0 Å². The van der Waals surface area contributed by atoms with Gasteiger partial charge in [-0.2, -0.15) is 5.10 Å². The Kier molecular flexibility index (Phi) is 6.41. The molecule has 7 heteroatoms. The van der Waals surface area contributed by atoms with Crippen molar-refractivity contribution in [3.63, 3.8) is 0 Å². The van der Waals surface area contributed by atoms with Crippen LogP contribution in [-0.2, 0) is 6.54 Å². The molecule has 0 aliphatic rings. The second kappa shape index (κ2) is 9.17. The molecule has 1 heterocycles. The zero-order valence-electron chi connectivity index (χ0n) is 17.0. The summed E-state index contributed by atoms with van der Waals surface area (Å²) in [4.78, 5) is 38.3. The number of aromatic nitrogens is 2. The minimum atomic E-state index is -0.493. The van der Waals surface area contributed by atoms with Crippen molar-refractivity contribution in [2.45, 2.75) is 20.4 Å². The number of benzene rings is 2. The minimum Gasteiger partial charge on any atom is -0.349 e. The van der Waals surface area contributed by atoms with Crippen molar-refractivity contribution in [1.82, 2.24) is 15.1 Å². The summed E-state index contributed by atoms with van der Waals surface area (Å²) in [6, 6.07) is 13.6. The summed E-state index contributed by atoms with van der Waals surface area (Å²) < 4.78 is 1.32. The second-order valence-corrected chi connectivity index (χ2v) is 7.27. The quantitative estimate of drug-likeness (QED) is 0.592. The number of rotatable bonds is 7. The number of amides is 2. The van der Waals surface area contributed by atoms with Crippen LogP contribution in [0.15, 0.2) is 66.0 Å². The Morgan fingerprint density at radius 3 is 2.43 bits per heavy atom. The van der Waals surface area contributed by atoms with E-state index in [0.29, 0.717) is 35.1 Å². The number of anilines is 1. The lowest BCUT2D eigenvalue weighted by Gasteiger charge is -2.14.